The topological polar surface area (TPSA) is 49.3 Å². The van der Waals surface area contributed by atoms with E-state index in [4.69, 9.17) is 11.6 Å². The van der Waals surface area contributed by atoms with E-state index in [1.807, 2.05) is 18.2 Å². The summed E-state index contributed by atoms with van der Waals surface area (Å²) in [6.07, 6.45) is 1.06. The number of fused-ring (bicyclic) bond motifs is 1. The molecule has 4 nitrogen and oxygen atoms in total. The summed E-state index contributed by atoms with van der Waals surface area (Å²) in [5.41, 5.74) is 0.948. The Hall–Kier alpha value is -0.600. The summed E-state index contributed by atoms with van der Waals surface area (Å²) in [4.78, 5) is 8.78. The van der Waals surface area contributed by atoms with Gasteiger partial charge >= 0.3 is 0 Å². The van der Waals surface area contributed by atoms with Gasteiger partial charge in [0.15, 0.2) is 5.96 Å². The molecule has 0 bridgehead atoms. The number of benzene rings is 1. The third kappa shape index (κ3) is 5.27. The van der Waals surface area contributed by atoms with Gasteiger partial charge in [-0.2, -0.15) is 0 Å². The van der Waals surface area contributed by atoms with Crippen LogP contribution >= 0.6 is 46.9 Å². The molecule has 0 fully saturated rings. The van der Waals surface area contributed by atoms with Gasteiger partial charge in [-0.1, -0.05) is 18.5 Å². The lowest BCUT2D eigenvalue weighted by Gasteiger charge is -2.15. The Labute approximate surface area is 151 Å². The molecule has 1 atom stereocenters. The van der Waals surface area contributed by atoms with Crippen LogP contribution in [0, 0.1) is 0 Å². The molecule has 1 aromatic carbocycles. The lowest BCUT2D eigenvalue weighted by atomic mass is 10.3. The zero-order valence-electron chi connectivity index (χ0n) is 12.3. The molecule has 0 radical (unpaired) electrons. The quantitative estimate of drug-likeness (QED) is 0.430. The van der Waals surface area contributed by atoms with Gasteiger partial charge in [-0.3, -0.25) is 4.99 Å². The van der Waals surface area contributed by atoms with Crippen LogP contribution in [-0.4, -0.2) is 24.0 Å². The number of nitrogens with zero attached hydrogens (tertiary/aromatic N) is 2. The SMILES string of the molecule is CCC(C)NC(=NC)NCc1nc2cc(Cl)ccc2s1.I. The maximum absolute atomic E-state index is 5.97. The predicted octanol–water partition coefficient (Wildman–Crippen LogP) is 4.03. The molecule has 0 aliphatic rings. The summed E-state index contributed by atoms with van der Waals surface area (Å²) in [6.45, 7) is 4.93. The molecule has 0 saturated heterocycles. The molecule has 7 heteroatoms. The minimum atomic E-state index is 0. The van der Waals surface area contributed by atoms with Crippen molar-refractivity contribution in [1.82, 2.24) is 15.6 Å². The molecule has 1 heterocycles. The Morgan fingerprint density at radius 2 is 2.24 bits per heavy atom. The van der Waals surface area contributed by atoms with E-state index in [2.05, 4.69) is 34.5 Å². The van der Waals surface area contributed by atoms with Gasteiger partial charge in [-0.25, -0.2) is 4.98 Å². The van der Waals surface area contributed by atoms with E-state index in [9.17, 15) is 0 Å². The maximum atomic E-state index is 5.97. The molecule has 2 aromatic rings. The monoisotopic (exact) mass is 438 g/mol. The number of aromatic nitrogens is 1. The first-order chi connectivity index (χ1) is 9.62. The van der Waals surface area contributed by atoms with Crippen LogP contribution in [0.2, 0.25) is 5.02 Å². The third-order valence-corrected chi connectivity index (χ3v) is 4.29. The van der Waals surface area contributed by atoms with Crippen molar-refractivity contribution in [3.63, 3.8) is 0 Å². The van der Waals surface area contributed by atoms with Gasteiger partial charge in [-0.05, 0) is 31.5 Å². The van der Waals surface area contributed by atoms with Gasteiger partial charge < -0.3 is 10.6 Å². The first-order valence-corrected chi connectivity index (χ1v) is 7.84. The molecular formula is C14H20ClIN4S. The van der Waals surface area contributed by atoms with Gasteiger partial charge in [0.25, 0.3) is 0 Å². The van der Waals surface area contributed by atoms with Crippen LogP contribution in [0.3, 0.4) is 0 Å². The maximum Gasteiger partial charge on any atom is 0.191 e. The highest BCUT2D eigenvalue weighted by molar-refractivity contribution is 14.0. The van der Waals surface area contributed by atoms with Crippen LogP contribution in [0.15, 0.2) is 23.2 Å². The fourth-order valence-corrected chi connectivity index (χ4v) is 2.77. The van der Waals surface area contributed by atoms with Crippen LogP contribution in [0.1, 0.15) is 25.3 Å². The summed E-state index contributed by atoms with van der Waals surface area (Å²) >= 11 is 7.64. The van der Waals surface area contributed by atoms with E-state index in [-0.39, 0.29) is 24.0 Å². The first-order valence-electron chi connectivity index (χ1n) is 6.64. The summed E-state index contributed by atoms with van der Waals surface area (Å²) in [7, 11) is 1.77. The molecule has 0 aliphatic heterocycles. The van der Waals surface area contributed by atoms with Crippen LogP contribution in [0.5, 0.6) is 0 Å². The van der Waals surface area contributed by atoms with Crippen molar-refractivity contribution in [2.45, 2.75) is 32.9 Å². The molecule has 0 saturated carbocycles. The summed E-state index contributed by atoms with van der Waals surface area (Å²) in [5.74, 6) is 0.802. The van der Waals surface area contributed by atoms with E-state index in [1.165, 1.54) is 0 Å². The third-order valence-electron chi connectivity index (χ3n) is 3.02. The molecule has 0 aliphatic carbocycles. The molecule has 2 N–H and O–H groups in total. The van der Waals surface area contributed by atoms with Crippen LogP contribution in [0.25, 0.3) is 10.2 Å². The highest BCUT2D eigenvalue weighted by Crippen LogP contribution is 2.24. The number of aliphatic imine (C=N–C) groups is 1. The smallest absolute Gasteiger partial charge is 0.191 e. The largest absolute Gasteiger partial charge is 0.354 e. The molecule has 21 heavy (non-hydrogen) atoms. The fourth-order valence-electron chi connectivity index (χ4n) is 1.71. The Morgan fingerprint density at radius 3 is 2.90 bits per heavy atom. The molecule has 1 aromatic heterocycles. The van der Waals surface area contributed by atoms with Crippen LogP contribution in [0.4, 0.5) is 0 Å². The molecular weight excluding hydrogens is 419 g/mol. The van der Waals surface area contributed by atoms with Crippen molar-refractivity contribution < 1.29 is 0 Å². The zero-order valence-corrected chi connectivity index (χ0v) is 16.2. The van der Waals surface area contributed by atoms with Gasteiger partial charge in [0.1, 0.15) is 5.01 Å². The number of nitrogens with one attached hydrogen (secondary N) is 2. The molecule has 2 rings (SSSR count). The van der Waals surface area contributed by atoms with E-state index in [1.54, 1.807) is 18.4 Å². The Balaban J connectivity index is 0.00000220. The number of thiazole rings is 1. The van der Waals surface area contributed by atoms with Crippen molar-refractivity contribution in [1.29, 1.82) is 0 Å². The second kappa shape index (κ2) is 8.75. The average Bonchev–Trinajstić information content (AvgIpc) is 2.84. The molecule has 116 valence electrons. The molecule has 1 unspecified atom stereocenters. The van der Waals surface area contributed by atoms with Gasteiger partial charge in [-0.15, -0.1) is 35.3 Å². The fraction of sp³-hybridized carbons (Fsp3) is 0.429. The van der Waals surface area contributed by atoms with E-state index in [0.717, 1.165) is 32.6 Å². The number of rotatable bonds is 4. The van der Waals surface area contributed by atoms with Crippen molar-refractivity contribution in [3.05, 3.63) is 28.2 Å². The lowest BCUT2D eigenvalue weighted by molar-refractivity contribution is 0.624. The van der Waals surface area contributed by atoms with E-state index >= 15 is 0 Å². The zero-order chi connectivity index (χ0) is 14.5. The van der Waals surface area contributed by atoms with Gasteiger partial charge in [0.05, 0.1) is 16.8 Å². The highest BCUT2D eigenvalue weighted by atomic mass is 127. The summed E-state index contributed by atoms with van der Waals surface area (Å²) in [5, 5.41) is 8.35. The van der Waals surface area contributed by atoms with Gasteiger partial charge in [0, 0.05) is 18.1 Å². The molecule has 0 spiro atoms. The standard InChI is InChI=1S/C14H19ClN4S.HI/c1-4-9(2)18-14(16-3)17-8-13-19-11-7-10(15)5-6-12(11)20-13;/h5-7,9H,4,8H2,1-3H3,(H2,16,17,18);1H. The Morgan fingerprint density at radius 1 is 1.48 bits per heavy atom. The first kappa shape index (κ1) is 18.4. The highest BCUT2D eigenvalue weighted by Gasteiger charge is 2.06. The molecule has 0 amide bonds. The number of hydrogen-bond acceptors (Lipinski definition) is 3. The van der Waals surface area contributed by atoms with Crippen molar-refractivity contribution in [2.75, 3.05) is 7.05 Å². The number of halogens is 2. The van der Waals surface area contributed by atoms with E-state index in [0.29, 0.717) is 12.6 Å². The Kier molecular flexibility index (Phi) is 7.69. The summed E-state index contributed by atoms with van der Waals surface area (Å²) in [6, 6.07) is 6.19. The van der Waals surface area contributed by atoms with Crippen molar-refractivity contribution in [3.8, 4) is 0 Å². The normalized spacial score (nSPS) is 12.9. The lowest BCUT2D eigenvalue weighted by Crippen LogP contribution is -2.41. The van der Waals surface area contributed by atoms with Crippen molar-refractivity contribution in [2.24, 2.45) is 4.99 Å². The second-order valence-electron chi connectivity index (χ2n) is 4.60. The second-order valence-corrected chi connectivity index (χ2v) is 6.15. The summed E-state index contributed by atoms with van der Waals surface area (Å²) < 4.78 is 1.15. The average molecular weight is 439 g/mol. The van der Waals surface area contributed by atoms with Crippen molar-refractivity contribution >= 4 is 63.1 Å². The van der Waals surface area contributed by atoms with Gasteiger partial charge in [0.2, 0.25) is 0 Å². The minimum Gasteiger partial charge on any atom is -0.354 e. The Bertz CT molecular complexity index is 614. The minimum absolute atomic E-state index is 0. The van der Waals surface area contributed by atoms with Crippen LogP contribution in [-0.2, 0) is 6.54 Å². The van der Waals surface area contributed by atoms with Crippen LogP contribution < -0.4 is 10.6 Å². The number of hydrogen-bond donors (Lipinski definition) is 2. The predicted molar refractivity (Wildman–Crippen MR) is 103 cm³/mol. The van der Waals surface area contributed by atoms with E-state index < -0.39 is 0 Å². The number of guanidine groups is 1.